The van der Waals surface area contributed by atoms with E-state index in [1.807, 2.05) is 12.2 Å². The van der Waals surface area contributed by atoms with Crippen molar-refractivity contribution >= 4 is 5.97 Å². The third kappa shape index (κ3) is 7.46. The van der Waals surface area contributed by atoms with Crippen LogP contribution >= 0.6 is 0 Å². The molecule has 26 heavy (non-hydrogen) atoms. The second-order valence-corrected chi connectivity index (χ2v) is 7.46. The van der Waals surface area contributed by atoms with Crippen LogP contribution in [0.1, 0.15) is 64.7 Å². The molecule has 5 atom stereocenters. The Balaban J connectivity index is 1.70. The highest BCUT2D eigenvalue weighted by Crippen LogP contribution is 2.47. The van der Waals surface area contributed by atoms with E-state index in [4.69, 9.17) is 4.74 Å². The van der Waals surface area contributed by atoms with Crippen LogP contribution in [0, 0.1) is 11.8 Å². The molecule has 2 rings (SSSR count). The van der Waals surface area contributed by atoms with Crippen LogP contribution < -0.4 is 0 Å². The number of aliphatic hydroxyl groups excluding tert-OH is 2. The predicted octanol–water partition coefficient (Wildman–Crippen LogP) is 4.08. The third-order valence-corrected chi connectivity index (χ3v) is 5.21. The molecule has 0 aromatic carbocycles. The largest absolute Gasteiger partial charge is 0.462 e. The molecule has 4 heteroatoms. The molecule has 1 heterocycles. The SMILES string of the molecule is CC/C=C\C/C=C\C[C@H](O)/C=C/[C@@H](O)[C@@H]1C[C@H]1[C@H]1CCCCCC(=O)O1. The number of esters is 1. The minimum absolute atomic E-state index is 0.0418. The lowest BCUT2D eigenvalue weighted by Crippen LogP contribution is -2.24. The minimum Gasteiger partial charge on any atom is -0.462 e. The second-order valence-electron chi connectivity index (χ2n) is 7.46. The highest BCUT2D eigenvalue weighted by atomic mass is 16.5. The quantitative estimate of drug-likeness (QED) is 0.479. The Morgan fingerprint density at radius 1 is 1.12 bits per heavy atom. The molecule has 2 aliphatic rings. The predicted molar refractivity (Wildman–Crippen MR) is 104 cm³/mol. The van der Waals surface area contributed by atoms with Crippen LogP contribution in [0.2, 0.25) is 0 Å². The van der Waals surface area contributed by atoms with Crippen LogP contribution in [-0.4, -0.2) is 34.5 Å². The van der Waals surface area contributed by atoms with Crippen LogP contribution in [-0.2, 0) is 9.53 Å². The van der Waals surface area contributed by atoms with E-state index in [2.05, 4.69) is 19.1 Å². The Kier molecular flexibility index (Phi) is 9.13. The summed E-state index contributed by atoms with van der Waals surface area (Å²) in [4.78, 5) is 11.7. The molecule has 0 spiro atoms. The van der Waals surface area contributed by atoms with Crippen LogP contribution in [0.15, 0.2) is 36.5 Å². The van der Waals surface area contributed by atoms with Gasteiger partial charge in [-0.25, -0.2) is 0 Å². The number of rotatable bonds is 9. The smallest absolute Gasteiger partial charge is 0.306 e. The Bertz CT molecular complexity index is 508. The lowest BCUT2D eigenvalue weighted by Gasteiger charge is -2.21. The number of allylic oxidation sites excluding steroid dienone is 3. The topological polar surface area (TPSA) is 66.8 Å². The highest BCUT2D eigenvalue weighted by Gasteiger charge is 2.47. The average molecular weight is 363 g/mol. The lowest BCUT2D eigenvalue weighted by atomic mass is 10.0. The van der Waals surface area contributed by atoms with Crippen molar-refractivity contribution in [2.45, 2.75) is 83.0 Å². The molecule has 2 N–H and O–H groups in total. The van der Waals surface area contributed by atoms with Crippen LogP contribution in [0.25, 0.3) is 0 Å². The van der Waals surface area contributed by atoms with Gasteiger partial charge in [-0.2, -0.15) is 0 Å². The molecule has 1 saturated heterocycles. The number of ether oxygens (including phenoxy) is 1. The summed E-state index contributed by atoms with van der Waals surface area (Å²) in [5.41, 5.74) is 0. The maximum absolute atomic E-state index is 11.7. The van der Waals surface area contributed by atoms with E-state index in [-0.39, 0.29) is 23.9 Å². The van der Waals surface area contributed by atoms with E-state index < -0.39 is 12.2 Å². The van der Waals surface area contributed by atoms with Gasteiger partial charge in [0.25, 0.3) is 0 Å². The average Bonchev–Trinajstić information content (AvgIpc) is 3.39. The molecule has 1 saturated carbocycles. The van der Waals surface area contributed by atoms with E-state index in [1.165, 1.54) is 0 Å². The first-order valence-electron chi connectivity index (χ1n) is 10.2. The van der Waals surface area contributed by atoms with Crippen molar-refractivity contribution in [3.8, 4) is 0 Å². The zero-order chi connectivity index (χ0) is 18.8. The number of carbonyl (C=O) groups excluding carboxylic acids is 1. The Morgan fingerprint density at radius 3 is 2.73 bits per heavy atom. The molecule has 0 radical (unpaired) electrons. The fourth-order valence-corrected chi connectivity index (χ4v) is 3.57. The van der Waals surface area contributed by atoms with E-state index in [0.29, 0.717) is 12.8 Å². The van der Waals surface area contributed by atoms with Gasteiger partial charge < -0.3 is 14.9 Å². The van der Waals surface area contributed by atoms with Gasteiger partial charge in [-0.3, -0.25) is 4.79 Å². The molecule has 0 bridgehead atoms. The number of hydrogen-bond donors (Lipinski definition) is 2. The summed E-state index contributed by atoms with van der Waals surface area (Å²) in [6.07, 6.45) is 18.3. The van der Waals surface area contributed by atoms with Crippen molar-refractivity contribution in [2.75, 3.05) is 0 Å². The Morgan fingerprint density at radius 2 is 1.92 bits per heavy atom. The third-order valence-electron chi connectivity index (χ3n) is 5.21. The van der Waals surface area contributed by atoms with E-state index >= 15 is 0 Å². The first-order valence-corrected chi connectivity index (χ1v) is 10.2. The van der Waals surface area contributed by atoms with Crippen molar-refractivity contribution < 1.29 is 19.7 Å². The molecular weight excluding hydrogens is 328 g/mol. The molecule has 4 nitrogen and oxygen atoms in total. The van der Waals surface area contributed by atoms with Gasteiger partial charge in [-0.05, 0) is 50.9 Å². The molecular formula is C22H34O4. The number of aliphatic hydroxyl groups is 2. The van der Waals surface area contributed by atoms with Gasteiger partial charge in [0.2, 0.25) is 0 Å². The highest BCUT2D eigenvalue weighted by molar-refractivity contribution is 5.69. The van der Waals surface area contributed by atoms with Crippen molar-refractivity contribution in [2.24, 2.45) is 11.8 Å². The number of carbonyl (C=O) groups is 1. The van der Waals surface area contributed by atoms with Crippen molar-refractivity contribution in [3.05, 3.63) is 36.5 Å². The summed E-state index contributed by atoms with van der Waals surface area (Å²) in [5.74, 6) is 0.311. The molecule has 0 aromatic rings. The summed E-state index contributed by atoms with van der Waals surface area (Å²) >= 11 is 0. The number of hydrogen-bond acceptors (Lipinski definition) is 4. The fourth-order valence-electron chi connectivity index (χ4n) is 3.57. The first-order chi connectivity index (χ1) is 12.6. The van der Waals surface area contributed by atoms with Crippen LogP contribution in [0.5, 0.6) is 0 Å². The fraction of sp³-hybridized carbons (Fsp3) is 0.682. The molecule has 0 unspecified atom stereocenters. The zero-order valence-electron chi connectivity index (χ0n) is 15.9. The van der Waals surface area contributed by atoms with E-state index in [1.54, 1.807) is 12.2 Å². The molecule has 0 aromatic heterocycles. The molecule has 1 aliphatic heterocycles. The zero-order valence-corrected chi connectivity index (χ0v) is 15.9. The molecule has 1 aliphatic carbocycles. The normalized spacial score (nSPS) is 29.7. The van der Waals surface area contributed by atoms with E-state index in [9.17, 15) is 15.0 Å². The van der Waals surface area contributed by atoms with Crippen molar-refractivity contribution in [3.63, 3.8) is 0 Å². The van der Waals surface area contributed by atoms with E-state index in [0.717, 1.165) is 44.9 Å². The van der Waals surface area contributed by atoms with Crippen molar-refractivity contribution in [1.29, 1.82) is 0 Å². The summed E-state index contributed by atoms with van der Waals surface area (Å²) in [6.45, 7) is 2.10. The van der Waals surface area contributed by atoms with Gasteiger partial charge in [0.1, 0.15) is 6.10 Å². The Labute approximate surface area is 157 Å². The monoisotopic (exact) mass is 362 g/mol. The lowest BCUT2D eigenvalue weighted by molar-refractivity contribution is -0.152. The van der Waals surface area contributed by atoms with Crippen LogP contribution in [0.4, 0.5) is 0 Å². The van der Waals surface area contributed by atoms with Gasteiger partial charge in [0.05, 0.1) is 12.2 Å². The summed E-state index contributed by atoms with van der Waals surface area (Å²) < 4.78 is 5.58. The van der Waals surface area contributed by atoms with Gasteiger partial charge in [-0.15, -0.1) is 0 Å². The summed E-state index contributed by atoms with van der Waals surface area (Å²) in [6, 6.07) is 0. The van der Waals surface area contributed by atoms with Gasteiger partial charge in [0.15, 0.2) is 0 Å². The molecule has 2 fully saturated rings. The maximum Gasteiger partial charge on any atom is 0.306 e. The van der Waals surface area contributed by atoms with Crippen LogP contribution in [0.3, 0.4) is 0 Å². The standard InChI is InChI=1S/C22H34O4/c1-2-3-4-5-6-8-11-17(23)14-15-20(24)18-16-19(18)21-12-9-7-10-13-22(25)26-21/h3-4,6,8,14-15,17-21,23-24H,2,5,7,9-13,16H2,1H3/b4-3-,8-6-,15-14+/t17-,18+,19+,20+,21+/m0/s1. The summed E-state index contributed by atoms with van der Waals surface area (Å²) in [7, 11) is 0. The second kappa shape index (κ2) is 11.3. The Hall–Kier alpha value is -1.39. The van der Waals surface area contributed by atoms with Gasteiger partial charge in [-0.1, -0.05) is 49.8 Å². The number of cyclic esters (lactones) is 1. The summed E-state index contributed by atoms with van der Waals surface area (Å²) in [5, 5.41) is 20.3. The minimum atomic E-state index is -0.576. The van der Waals surface area contributed by atoms with Crippen molar-refractivity contribution in [1.82, 2.24) is 0 Å². The van der Waals surface area contributed by atoms with Gasteiger partial charge in [0, 0.05) is 12.3 Å². The maximum atomic E-state index is 11.7. The molecule has 146 valence electrons. The first kappa shape index (κ1) is 20.9. The van der Waals surface area contributed by atoms with Gasteiger partial charge >= 0.3 is 5.97 Å². The molecule has 0 amide bonds.